The van der Waals surface area contributed by atoms with Crippen molar-refractivity contribution >= 4 is 12.1 Å². The van der Waals surface area contributed by atoms with Gasteiger partial charge in [-0.05, 0) is 12.8 Å². The van der Waals surface area contributed by atoms with Gasteiger partial charge < -0.3 is 15.1 Å². The van der Waals surface area contributed by atoms with Crippen molar-refractivity contribution in [2.45, 2.75) is 19.0 Å². The van der Waals surface area contributed by atoms with Crippen molar-refractivity contribution in [3.05, 3.63) is 0 Å². The van der Waals surface area contributed by atoms with Gasteiger partial charge in [0.05, 0.1) is 0 Å². The number of nitrogens with zero attached hydrogens (tertiary/aromatic N) is 1. The molecular weight excluding hydrogens is 219 g/mol. The van der Waals surface area contributed by atoms with Crippen molar-refractivity contribution in [3.63, 3.8) is 0 Å². The molecule has 0 radical (unpaired) electrons. The van der Waals surface area contributed by atoms with Crippen LogP contribution in [0, 0.1) is 0 Å². The lowest BCUT2D eigenvalue weighted by molar-refractivity contribution is -0.192. The van der Waals surface area contributed by atoms with Gasteiger partial charge in [0.2, 0.25) is 0 Å². The molecule has 0 spiro atoms. The summed E-state index contributed by atoms with van der Waals surface area (Å²) in [6.07, 6.45) is -3.79. The molecule has 0 aromatic carbocycles. The maximum atomic E-state index is 10.6. The number of hydrogen-bond acceptors (Lipinski definition) is 2. The summed E-state index contributed by atoms with van der Waals surface area (Å²) >= 11 is 0. The highest BCUT2D eigenvalue weighted by atomic mass is 19.4. The molecule has 15 heavy (non-hydrogen) atoms. The summed E-state index contributed by atoms with van der Waals surface area (Å²) in [4.78, 5) is 20.5. The SMILES string of the molecule is O=C(O)C(F)(F)F.O=C(O)N1CCCC1. The van der Waals surface area contributed by atoms with E-state index in [1.54, 1.807) is 0 Å². The largest absolute Gasteiger partial charge is 0.490 e. The molecular formula is C7H10F3NO4. The average Bonchev–Trinajstić information content (AvgIpc) is 2.54. The first-order chi connectivity index (χ1) is 6.75. The van der Waals surface area contributed by atoms with Crippen molar-refractivity contribution in [2.75, 3.05) is 13.1 Å². The molecule has 1 aliphatic rings. The lowest BCUT2D eigenvalue weighted by atomic mass is 10.4. The van der Waals surface area contributed by atoms with Crippen LogP contribution in [0.5, 0.6) is 0 Å². The fraction of sp³-hybridized carbons (Fsp3) is 0.714. The zero-order valence-electron chi connectivity index (χ0n) is 7.62. The van der Waals surface area contributed by atoms with E-state index in [1.165, 1.54) is 4.90 Å². The minimum absolute atomic E-state index is 0.731. The van der Waals surface area contributed by atoms with E-state index in [2.05, 4.69) is 0 Å². The van der Waals surface area contributed by atoms with E-state index in [0.29, 0.717) is 0 Å². The maximum absolute atomic E-state index is 10.6. The standard InChI is InChI=1S/C5H9NO2.C2HF3O2/c7-5(8)6-3-1-2-4-6;3-2(4,5)1(6)7/h1-4H2,(H,7,8);(H,6,7). The molecule has 0 atom stereocenters. The van der Waals surface area contributed by atoms with Crippen LogP contribution in [0.3, 0.4) is 0 Å². The summed E-state index contributed by atoms with van der Waals surface area (Å²) in [5.74, 6) is -2.76. The number of carbonyl (C=O) groups is 2. The van der Waals surface area contributed by atoms with Crippen LogP contribution in [0.2, 0.25) is 0 Å². The maximum Gasteiger partial charge on any atom is 0.490 e. The van der Waals surface area contributed by atoms with E-state index in [4.69, 9.17) is 15.0 Å². The first kappa shape index (κ1) is 13.5. The third kappa shape index (κ3) is 5.76. The number of carboxylic acid groups (broad SMARTS) is 2. The topological polar surface area (TPSA) is 77.8 Å². The minimum Gasteiger partial charge on any atom is -0.475 e. The van der Waals surface area contributed by atoms with Gasteiger partial charge in [-0.3, -0.25) is 0 Å². The number of amides is 1. The van der Waals surface area contributed by atoms with Gasteiger partial charge >= 0.3 is 18.2 Å². The molecule has 1 aliphatic heterocycles. The van der Waals surface area contributed by atoms with Crippen LogP contribution in [-0.2, 0) is 4.79 Å². The van der Waals surface area contributed by atoms with Gasteiger partial charge in [0.25, 0.3) is 0 Å². The van der Waals surface area contributed by atoms with Gasteiger partial charge in [0.1, 0.15) is 0 Å². The molecule has 0 unspecified atom stereocenters. The van der Waals surface area contributed by atoms with Crippen LogP contribution in [0.25, 0.3) is 0 Å². The molecule has 2 N–H and O–H groups in total. The Hall–Kier alpha value is -1.47. The number of rotatable bonds is 0. The number of likely N-dealkylation sites (tertiary alicyclic amines) is 1. The second-order valence-corrected chi connectivity index (χ2v) is 2.78. The van der Waals surface area contributed by atoms with Crippen LogP contribution in [-0.4, -0.2) is 46.4 Å². The Labute approximate surface area is 83.1 Å². The molecule has 0 aromatic rings. The molecule has 0 aromatic heterocycles. The summed E-state index contributed by atoms with van der Waals surface area (Å²) < 4.78 is 31.7. The number of halogens is 3. The summed E-state index contributed by atoms with van der Waals surface area (Å²) in [6.45, 7) is 1.46. The van der Waals surface area contributed by atoms with Crippen molar-refractivity contribution in [1.82, 2.24) is 4.90 Å². The second kappa shape index (κ2) is 5.42. The number of hydrogen-bond donors (Lipinski definition) is 2. The molecule has 0 bridgehead atoms. The highest BCUT2D eigenvalue weighted by molar-refractivity contribution is 5.73. The first-order valence-corrected chi connectivity index (χ1v) is 4.03. The minimum atomic E-state index is -5.08. The average molecular weight is 229 g/mol. The van der Waals surface area contributed by atoms with Crippen LogP contribution < -0.4 is 0 Å². The quantitative estimate of drug-likeness (QED) is 0.658. The molecule has 1 amide bonds. The lowest BCUT2D eigenvalue weighted by Crippen LogP contribution is -2.25. The van der Waals surface area contributed by atoms with Gasteiger partial charge in [-0.25, -0.2) is 9.59 Å². The normalized spacial score (nSPS) is 15.5. The zero-order valence-corrected chi connectivity index (χ0v) is 7.62. The molecule has 88 valence electrons. The highest BCUT2D eigenvalue weighted by Gasteiger charge is 2.38. The third-order valence-electron chi connectivity index (χ3n) is 1.62. The fourth-order valence-corrected chi connectivity index (χ4v) is 0.908. The molecule has 1 saturated heterocycles. The Kier molecular flexibility index (Phi) is 4.89. The smallest absolute Gasteiger partial charge is 0.475 e. The summed E-state index contributed by atoms with van der Waals surface area (Å²) in [5, 5.41) is 15.5. The van der Waals surface area contributed by atoms with Crippen molar-refractivity contribution in [3.8, 4) is 0 Å². The monoisotopic (exact) mass is 229 g/mol. The Bertz CT molecular complexity index is 235. The third-order valence-corrected chi connectivity index (χ3v) is 1.62. The van der Waals surface area contributed by atoms with Gasteiger partial charge in [-0.2, -0.15) is 13.2 Å². The van der Waals surface area contributed by atoms with E-state index in [0.717, 1.165) is 25.9 Å². The van der Waals surface area contributed by atoms with Crippen molar-refractivity contribution in [2.24, 2.45) is 0 Å². The predicted molar refractivity (Wildman–Crippen MR) is 42.5 cm³/mol. The Morgan fingerprint density at radius 1 is 1.07 bits per heavy atom. The molecule has 1 fully saturated rings. The van der Waals surface area contributed by atoms with Gasteiger partial charge in [0.15, 0.2) is 0 Å². The Morgan fingerprint density at radius 2 is 1.40 bits per heavy atom. The van der Waals surface area contributed by atoms with Crippen molar-refractivity contribution < 1.29 is 33.0 Å². The molecule has 0 aliphatic carbocycles. The van der Waals surface area contributed by atoms with Crippen molar-refractivity contribution in [1.29, 1.82) is 0 Å². The number of aliphatic carboxylic acids is 1. The first-order valence-electron chi connectivity index (χ1n) is 4.03. The van der Waals surface area contributed by atoms with Crippen LogP contribution in [0.15, 0.2) is 0 Å². The van der Waals surface area contributed by atoms with E-state index in [-0.39, 0.29) is 0 Å². The van der Waals surface area contributed by atoms with Crippen LogP contribution >= 0.6 is 0 Å². The number of alkyl halides is 3. The van der Waals surface area contributed by atoms with E-state index in [9.17, 15) is 18.0 Å². The molecule has 1 rings (SSSR count). The highest BCUT2D eigenvalue weighted by Crippen LogP contribution is 2.13. The predicted octanol–water partition coefficient (Wildman–Crippen LogP) is 1.39. The zero-order chi connectivity index (χ0) is 12.1. The molecule has 1 heterocycles. The number of carboxylic acids is 1. The Morgan fingerprint density at radius 3 is 1.53 bits per heavy atom. The Balaban J connectivity index is 0.000000265. The van der Waals surface area contributed by atoms with E-state index in [1.807, 2.05) is 0 Å². The van der Waals surface area contributed by atoms with Crippen LogP contribution in [0.1, 0.15) is 12.8 Å². The fourth-order valence-electron chi connectivity index (χ4n) is 0.908. The van der Waals surface area contributed by atoms with E-state index >= 15 is 0 Å². The summed E-state index contributed by atoms with van der Waals surface area (Å²) in [5.41, 5.74) is 0. The van der Waals surface area contributed by atoms with Crippen LogP contribution in [0.4, 0.5) is 18.0 Å². The van der Waals surface area contributed by atoms with E-state index < -0.39 is 18.2 Å². The van der Waals surface area contributed by atoms with Gasteiger partial charge in [-0.1, -0.05) is 0 Å². The molecule has 0 saturated carbocycles. The molecule has 5 nitrogen and oxygen atoms in total. The summed E-state index contributed by atoms with van der Waals surface area (Å²) in [7, 11) is 0. The lowest BCUT2D eigenvalue weighted by Gasteiger charge is -2.07. The van der Waals surface area contributed by atoms with Gasteiger partial charge in [-0.15, -0.1) is 0 Å². The summed E-state index contributed by atoms with van der Waals surface area (Å²) in [6, 6.07) is 0. The van der Waals surface area contributed by atoms with Gasteiger partial charge in [0, 0.05) is 13.1 Å². The second-order valence-electron chi connectivity index (χ2n) is 2.78. The molecule has 8 heteroatoms.